The minimum Gasteiger partial charge on any atom is -0.584 e. The van der Waals surface area contributed by atoms with Gasteiger partial charge in [-0.05, 0) is 6.92 Å². The topological polar surface area (TPSA) is 43.4 Å². The summed E-state index contributed by atoms with van der Waals surface area (Å²) >= 11 is 0. The van der Waals surface area contributed by atoms with Gasteiger partial charge in [0.2, 0.25) is 0 Å². The van der Waals surface area contributed by atoms with Crippen molar-refractivity contribution in [2.75, 3.05) is 0 Å². The standard InChI is InChI=1S/C3H3O3.W/c1-3(5)6-2-4;/h1H3;/q-1;. The van der Waals surface area contributed by atoms with Crippen LogP contribution in [0, 0.1) is 0 Å². The minimum atomic E-state index is -0.634. The van der Waals surface area contributed by atoms with Crippen molar-refractivity contribution in [3.05, 3.63) is 0 Å². The van der Waals surface area contributed by atoms with Gasteiger partial charge in [-0.25, -0.2) is 0 Å². The molecular weight excluding hydrogens is 268 g/mol. The first-order valence-electron chi connectivity index (χ1n) is 1.32. The third-order valence-electron chi connectivity index (χ3n) is 0.185. The molecule has 0 amide bonds. The molecule has 0 aromatic rings. The van der Waals surface area contributed by atoms with E-state index in [1.54, 1.807) is 0 Å². The summed E-state index contributed by atoms with van der Waals surface area (Å²) in [5.74, 6) is -0.634. The normalized spacial score (nSPS) is 5.86. The summed E-state index contributed by atoms with van der Waals surface area (Å²) in [5, 5.41) is 0. The van der Waals surface area contributed by atoms with E-state index in [0.717, 1.165) is 13.4 Å². The van der Waals surface area contributed by atoms with Crippen molar-refractivity contribution in [3.63, 3.8) is 0 Å². The SMILES string of the molecule is CC(=O)O[C-]=O.[W]. The van der Waals surface area contributed by atoms with Crippen molar-refractivity contribution >= 4 is 12.4 Å². The summed E-state index contributed by atoms with van der Waals surface area (Å²) in [6.07, 6.45) is 0. The number of carbonyl (C=O) groups excluding carboxylic acids is 2. The van der Waals surface area contributed by atoms with Crippen LogP contribution in [-0.2, 0) is 35.4 Å². The zero-order valence-electron chi connectivity index (χ0n) is 3.63. The maximum absolute atomic E-state index is 9.56. The smallest absolute Gasteiger partial charge is 0.172 e. The van der Waals surface area contributed by atoms with Crippen molar-refractivity contribution in [1.29, 1.82) is 0 Å². The van der Waals surface area contributed by atoms with Gasteiger partial charge in [0, 0.05) is 21.1 Å². The summed E-state index contributed by atoms with van der Waals surface area (Å²) in [4.78, 5) is 18.6. The third kappa shape index (κ3) is 10.7. The average Bonchev–Trinajstić information content (AvgIpc) is 1.35. The maximum Gasteiger partial charge on any atom is 0.172 e. The van der Waals surface area contributed by atoms with Crippen LogP contribution in [0.25, 0.3) is 0 Å². The van der Waals surface area contributed by atoms with Crippen LogP contribution in [-0.4, -0.2) is 12.4 Å². The molecule has 4 heteroatoms. The Morgan fingerprint density at radius 2 is 2.14 bits per heavy atom. The van der Waals surface area contributed by atoms with Crippen LogP contribution in [0.4, 0.5) is 0 Å². The first-order valence-corrected chi connectivity index (χ1v) is 1.32. The van der Waals surface area contributed by atoms with Crippen molar-refractivity contribution in [1.82, 2.24) is 0 Å². The third-order valence-corrected chi connectivity index (χ3v) is 0.185. The van der Waals surface area contributed by atoms with E-state index in [2.05, 4.69) is 4.74 Å². The Labute approximate surface area is 55.3 Å². The fourth-order valence-corrected chi connectivity index (χ4v) is 0.0587. The molecule has 3 nitrogen and oxygen atoms in total. The molecule has 40 valence electrons. The summed E-state index contributed by atoms with van der Waals surface area (Å²) in [7, 11) is 0. The molecule has 0 aliphatic heterocycles. The summed E-state index contributed by atoms with van der Waals surface area (Å²) in [5.41, 5.74) is 0. The molecule has 0 aromatic carbocycles. The zero-order valence-corrected chi connectivity index (χ0v) is 6.57. The van der Waals surface area contributed by atoms with Crippen molar-refractivity contribution in [2.45, 2.75) is 6.92 Å². The molecule has 0 rings (SSSR count). The number of esters is 1. The molecule has 0 atom stereocenters. The molecule has 0 radical (unpaired) electrons. The number of carbonyl (C=O) groups is 1. The largest absolute Gasteiger partial charge is 0.584 e. The molecule has 0 saturated heterocycles. The number of ether oxygens (including phenoxy) is 1. The van der Waals surface area contributed by atoms with Crippen LogP contribution in [0.2, 0.25) is 0 Å². The van der Waals surface area contributed by atoms with E-state index in [9.17, 15) is 4.79 Å². The van der Waals surface area contributed by atoms with Crippen molar-refractivity contribution < 1.29 is 35.4 Å². The molecule has 0 spiro atoms. The van der Waals surface area contributed by atoms with Gasteiger partial charge >= 0.3 is 0 Å². The van der Waals surface area contributed by atoms with Gasteiger partial charge in [-0.15, -0.1) is 0 Å². The molecule has 0 bridgehead atoms. The molecule has 0 fully saturated rings. The zero-order chi connectivity index (χ0) is 4.99. The Morgan fingerprint density at radius 3 is 2.14 bits per heavy atom. The Hall–Kier alpha value is -0.172. The van der Waals surface area contributed by atoms with Crippen LogP contribution >= 0.6 is 0 Å². The molecule has 0 aliphatic rings. The minimum absolute atomic E-state index is 0. The van der Waals surface area contributed by atoms with E-state index < -0.39 is 5.97 Å². The van der Waals surface area contributed by atoms with Crippen LogP contribution in [0.1, 0.15) is 6.92 Å². The van der Waals surface area contributed by atoms with Gasteiger partial charge < -0.3 is 14.3 Å². The molecule has 0 aromatic heterocycles. The summed E-state index contributed by atoms with van der Waals surface area (Å²) in [6.45, 7) is 2.10. The van der Waals surface area contributed by atoms with Gasteiger partial charge in [-0.1, -0.05) is 0 Å². The fourth-order valence-electron chi connectivity index (χ4n) is 0.0587. The van der Waals surface area contributed by atoms with E-state index in [1.807, 2.05) is 0 Å². The van der Waals surface area contributed by atoms with Crippen molar-refractivity contribution in [3.8, 4) is 0 Å². The maximum atomic E-state index is 9.56. The van der Waals surface area contributed by atoms with Gasteiger partial charge in [-0.3, -0.25) is 0 Å². The van der Waals surface area contributed by atoms with Gasteiger partial charge in [0.05, 0.1) is 0 Å². The van der Waals surface area contributed by atoms with Gasteiger partial charge in [0.1, 0.15) is 5.97 Å². The van der Waals surface area contributed by atoms with Gasteiger partial charge in [0.15, 0.2) is 6.47 Å². The summed E-state index contributed by atoms with van der Waals surface area (Å²) < 4.78 is 3.60. The van der Waals surface area contributed by atoms with E-state index in [4.69, 9.17) is 4.79 Å². The van der Waals surface area contributed by atoms with Crippen molar-refractivity contribution in [2.24, 2.45) is 0 Å². The van der Waals surface area contributed by atoms with Crippen LogP contribution in [0.3, 0.4) is 0 Å². The quantitative estimate of drug-likeness (QED) is 0.371. The van der Waals surface area contributed by atoms with E-state index in [1.165, 1.54) is 0 Å². The predicted molar refractivity (Wildman–Crippen MR) is 17.5 cm³/mol. The molecule has 0 N–H and O–H groups in total. The Bertz CT molecular complexity index is 70.6. The van der Waals surface area contributed by atoms with E-state index in [0.29, 0.717) is 0 Å². The second kappa shape index (κ2) is 5.83. The second-order valence-electron chi connectivity index (χ2n) is 0.677. The predicted octanol–water partition coefficient (Wildman–Crippen LogP) is -0.386. The monoisotopic (exact) mass is 271 g/mol. The molecule has 0 aliphatic carbocycles. The van der Waals surface area contributed by atoms with Crippen LogP contribution < -0.4 is 0 Å². The van der Waals surface area contributed by atoms with E-state index in [-0.39, 0.29) is 21.1 Å². The second-order valence-corrected chi connectivity index (χ2v) is 0.677. The molecule has 0 unspecified atom stereocenters. The number of hydrogen-bond acceptors (Lipinski definition) is 3. The molecule has 0 heterocycles. The van der Waals surface area contributed by atoms with Crippen LogP contribution in [0.5, 0.6) is 0 Å². The number of rotatable bonds is 1. The number of hydrogen-bond donors (Lipinski definition) is 0. The molecular formula is C3H3O3W-. The average molecular weight is 271 g/mol. The molecule has 0 saturated carbocycles. The van der Waals surface area contributed by atoms with Gasteiger partial charge in [0.25, 0.3) is 0 Å². The Balaban J connectivity index is 0. The Morgan fingerprint density at radius 1 is 1.71 bits per heavy atom. The van der Waals surface area contributed by atoms with Gasteiger partial charge in [-0.2, -0.15) is 0 Å². The fraction of sp³-hybridized carbons (Fsp3) is 0.333. The first-order chi connectivity index (χ1) is 2.77. The summed E-state index contributed by atoms with van der Waals surface area (Å²) in [6, 6.07) is 0. The Kier molecular flexibility index (Phi) is 8.28. The first kappa shape index (κ1) is 9.95. The molecule has 7 heavy (non-hydrogen) atoms. The van der Waals surface area contributed by atoms with E-state index >= 15 is 0 Å². The van der Waals surface area contributed by atoms with Crippen LogP contribution in [0.15, 0.2) is 0 Å².